The first kappa shape index (κ1) is 20.8. The van der Waals surface area contributed by atoms with E-state index in [0.717, 1.165) is 12.1 Å². The lowest BCUT2D eigenvalue weighted by Gasteiger charge is -2.35. The molecule has 2 aromatic carbocycles. The fraction of sp³-hybridized carbons (Fsp3) is 0.227. The van der Waals surface area contributed by atoms with Gasteiger partial charge in [-0.1, -0.05) is 24.3 Å². The van der Waals surface area contributed by atoms with Gasteiger partial charge in [0, 0.05) is 44.1 Å². The first-order valence-electron chi connectivity index (χ1n) is 9.62. The Morgan fingerprint density at radius 1 is 0.903 bits per heavy atom. The summed E-state index contributed by atoms with van der Waals surface area (Å²) in [5.41, 5.74) is -1.42. The third-order valence-corrected chi connectivity index (χ3v) is 5.14. The van der Waals surface area contributed by atoms with Gasteiger partial charge in [-0.3, -0.25) is 4.79 Å². The van der Waals surface area contributed by atoms with Crippen LogP contribution < -0.4 is 4.90 Å². The van der Waals surface area contributed by atoms with E-state index in [2.05, 4.69) is 9.97 Å². The summed E-state index contributed by atoms with van der Waals surface area (Å²) in [6, 6.07) is 10.6. The van der Waals surface area contributed by atoms with Crippen LogP contribution in [-0.4, -0.2) is 47.0 Å². The van der Waals surface area contributed by atoms with Crippen molar-refractivity contribution in [1.82, 2.24) is 14.9 Å². The molecule has 0 unspecified atom stereocenters. The fourth-order valence-corrected chi connectivity index (χ4v) is 3.56. The Morgan fingerprint density at radius 2 is 1.58 bits per heavy atom. The van der Waals surface area contributed by atoms with E-state index in [4.69, 9.17) is 0 Å². The first-order chi connectivity index (χ1) is 14.8. The minimum absolute atomic E-state index is 0.0449. The molecule has 5 nitrogen and oxygen atoms in total. The molecule has 0 aliphatic carbocycles. The normalized spacial score (nSPS) is 14.6. The zero-order valence-electron chi connectivity index (χ0n) is 16.3. The molecule has 0 N–H and O–H groups in total. The van der Waals surface area contributed by atoms with Gasteiger partial charge in [-0.05, 0) is 29.8 Å². The summed E-state index contributed by atoms with van der Waals surface area (Å²) in [6.45, 7) is 1.29. The van der Waals surface area contributed by atoms with Crippen molar-refractivity contribution in [2.24, 2.45) is 0 Å². The molecule has 2 heterocycles. The second-order valence-corrected chi connectivity index (χ2v) is 7.07. The van der Waals surface area contributed by atoms with Gasteiger partial charge in [0.2, 0.25) is 5.95 Å². The maximum absolute atomic E-state index is 14.1. The number of piperazine rings is 1. The Hall–Kier alpha value is -3.49. The molecule has 3 aromatic rings. The Labute approximate surface area is 176 Å². The number of aromatic nitrogens is 2. The summed E-state index contributed by atoms with van der Waals surface area (Å²) >= 11 is 0. The lowest BCUT2D eigenvalue weighted by molar-refractivity contribution is -0.138. The summed E-state index contributed by atoms with van der Waals surface area (Å²) in [4.78, 5) is 24.5. The average Bonchev–Trinajstić information content (AvgIpc) is 2.79. The Morgan fingerprint density at radius 3 is 2.23 bits per heavy atom. The number of halogens is 4. The van der Waals surface area contributed by atoms with Crippen molar-refractivity contribution in [3.63, 3.8) is 0 Å². The highest BCUT2D eigenvalue weighted by atomic mass is 19.4. The van der Waals surface area contributed by atoms with E-state index in [-0.39, 0.29) is 24.2 Å². The number of hydrogen-bond donors (Lipinski definition) is 0. The van der Waals surface area contributed by atoms with Crippen LogP contribution in [0.15, 0.2) is 60.9 Å². The summed E-state index contributed by atoms with van der Waals surface area (Å²) in [7, 11) is 0. The third-order valence-electron chi connectivity index (χ3n) is 5.14. The number of benzene rings is 2. The van der Waals surface area contributed by atoms with Crippen LogP contribution in [0.3, 0.4) is 0 Å². The number of amides is 1. The van der Waals surface area contributed by atoms with Gasteiger partial charge in [-0.25, -0.2) is 14.4 Å². The van der Waals surface area contributed by atoms with Crippen molar-refractivity contribution in [3.8, 4) is 11.1 Å². The number of rotatable bonds is 3. The van der Waals surface area contributed by atoms with E-state index in [9.17, 15) is 22.4 Å². The highest BCUT2D eigenvalue weighted by Gasteiger charge is 2.37. The molecular weight excluding hydrogens is 412 g/mol. The largest absolute Gasteiger partial charge is 0.417 e. The maximum atomic E-state index is 14.1. The number of anilines is 1. The van der Waals surface area contributed by atoms with Crippen molar-refractivity contribution >= 4 is 11.9 Å². The summed E-state index contributed by atoms with van der Waals surface area (Å²) in [5, 5.41) is 0. The number of nitrogens with zero attached hydrogens (tertiary/aromatic N) is 4. The van der Waals surface area contributed by atoms with Gasteiger partial charge < -0.3 is 9.80 Å². The quantitative estimate of drug-likeness (QED) is 0.583. The maximum Gasteiger partial charge on any atom is 0.417 e. The standard InChI is InChI=1S/C22H18F4N4O/c23-19-5-2-1-4-16(19)15-6-7-17(18(14-15)22(24,25)26)20(31)29-10-12-30(13-11-29)21-27-8-3-9-28-21/h1-9,14H,10-13H2. The molecule has 0 spiro atoms. The molecule has 160 valence electrons. The highest BCUT2D eigenvalue weighted by Crippen LogP contribution is 2.36. The van der Waals surface area contributed by atoms with Crippen molar-refractivity contribution in [3.05, 3.63) is 77.9 Å². The second-order valence-electron chi connectivity index (χ2n) is 7.07. The molecule has 31 heavy (non-hydrogen) atoms. The van der Waals surface area contributed by atoms with Crippen LogP contribution in [0.2, 0.25) is 0 Å². The van der Waals surface area contributed by atoms with E-state index in [0.29, 0.717) is 19.0 Å². The van der Waals surface area contributed by atoms with Gasteiger partial charge in [0.05, 0.1) is 11.1 Å². The Kier molecular flexibility index (Phi) is 5.58. The van der Waals surface area contributed by atoms with E-state index < -0.39 is 29.0 Å². The van der Waals surface area contributed by atoms with E-state index in [1.807, 2.05) is 4.90 Å². The molecule has 0 radical (unpaired) electrons. The molecule has 1 aliphatic heterocycles. The Balaban J connectivity index is 1.59. The van der Waals surface area contributed by atoms with Gasteiger partial charge in [0.1, 0.15) is 5.82 Å². The molecule has 9 heteroatoms. The van der Waals surface area contributed by atoms with Gasteiger partial charge in [-0.15, -0.1) is 0 Å². The van der Waals surface area contributed by atoms with Crippen LogP contribution in [-0.2, 0) is 6.18 Å². The summed E-state index contributed by atoms with van der Waals surface area (Å²) in [6.07, 6.45) is -1.55. The molecule has 1 fully saturated rings. The zero-order chi connectivity index (χ0) is 22.0. The van der Waals surface area contributed by atoms with Crippen LogP contribution in [0.25, 0.3) is 11.1 Å². The summed E-state index contributed by atoms with van der Waals surface area (Å²) in [5.74, 6) is -0.824. The molecule has 4 rings (SSSR count). The molecule has 0 bridgehead atoms. The average molecular weight is 430 g/mol. The topological polar surface area (TPSA) is 49.3 Å². The van der Waals surface area contributed by atoms with E-state index in [1.54, 1.807) is 24.5 Å². The lowest BCUT2D eigenvalue weighted by atomic mass is 9.97. The van der Waals surface area contributed by atoms with Gasteiger partial charge in [0.25, 0.3) is 5.91 Å². The van der Waals surface area contributed by atoms with E-state index >= 15 is 0 Å². The zero-order valence-corrected chi connectivity index (χ0v) is 16.3. The van der Waals surface area contributed by atoms with Gasteiger partial charge >= 0.3 is 6.18 Å². The minimum atomic E-state index is -4.76. The van der Waals surface area contributed by atoms with Crippen molar-refractivity contribution in [2.45, 2.75) is 6.18 Å². The number of carbonyl (C=O) groups is 1. The van der Waals surface area contributed by atoms with Crippen LogP contribution in [0, 0.1) is 5.82 Å². The minimum Gasteiger partial charge on any atom is -0.337 e. The highest BCUT2D eigenvalue weighted by molar-refractivity contribution is 5.96. The number of hydrogen-bond acceptors (Lipinski definition) is 4. The third kappa shape index (κ3) is 4.35. The summed E-state index contributed by atoms with van der Waals surface area (Å²) < 4.78 is 55.4. The van der Waals surface area contributed by atoms with Crippen molar-refractivity contribution < 1.29 is 22.4 Å². The first-order valence-corrected chi connectivity index (χ1v) is 9.62. The van der Waals surface area contributed by atoms with Crippen molar-refractivity contribution in [1.29, 1.82) is 0 Å². The lowest BCUT2D eigenvalue weighted by Crippen LogP contribution is -2.49. The second kappa shape index (κ2) is 8.33. The Bertz CT molecular complexity index is 1080. The van der Waals surface area contributed by atoms with Crippen LogP contribution in [0.1, 0.15) is 15.9 Å². The molecular formula is C22H18F4N4O. The predicted molar refractivity (Wildman–Crippen MR) is 107 cm³/mol. The molecule has 1 aromatic heterocycles. The monoisotopic (exact) mass is 430 g/mol. The van der Waals surface area contributed by atoms with Crippen LogP contribution in [0.4, 0.5) is 23.5 Å². The predicted octanol–water partition coefficient (Wildman–Crippen LogP) is 4.26. The number of carbonyl (C=O) groups excluding carboxylic acids is 1. The van der Waals surface area contributed by atoms with Crippen molar-refractivity contribution in [2.75, 3.05) is 31.1 Å². The molecule has 1 aliphatic rings. The van der Waals surface area contributed by atoms with Crippen LogP contribution in [0.5, 0.6) is 0 Å². The fourth-order valence-electron chi connectivity index (χ4n) is 3.56. The molecule has 0 saturated carbocycles. The molecule has 1 amide bonds. The van der Waals surface area contributed by atoms with Gasteiger partial charge in [0.15, 0.2) is 0 Å². The van der Waals surface area contributed by atoms with Crippen LogP contribution >= 0.6 is 0 Å². The SMILES string of the molecule is O=C(c1ccc(-c2ccccc2F)cc1C(F)(F)F)N1CCN(c2ncccn2)CC1. The van der Waals surface area contributed by atoms with E-state index in [1.165, 1.54) is 29.2 Å². The number of alkyl halides is 3. The van der Waals surface area contributed by atoms with Gasteiger partial charge in [-0.2, -0.15) is 13.2 Å². The molecule has 1 saturated heterocycles. The molecule has 0 atom stereocenters. The smallest absolute Gasteiger partial charge is 0.337 e.